The van der Waals surface area contributed by atoms with Crippen molar-refractivity contribution >= 4 is 11.9 Å². The van der Waals surface area contributed by atoms with E-state index in [1.807, 2.05) is 0 Å². The molecule has 11 heteroatoms. The Bertz CT molecular complexity index is 420. The second-order valence-corrected chi connectivity index (χ2v) is 4.14. The third kappa shape index (κ3) is 2.40. The van der Waals surface area contributed by atoms with Gasteiger partial charge < -0.3 is 10.0 Å². The van der Waals surface area contributed by atoms with Crippen molar-refractivity contribution in [2.75, 3.05) is 6.54 Å². The maximum atomic E-state index is 13.1. The van der Waals surface area contributed by atoms with Gasteiger partial charge in [0.2, 0.25) is 0 Å². The predicted molar refractivity (Wildman–Crippen MR) is 48.3 cm³/mol. The Morgan fingerprint density at radius 3 is 1.95 bits per heavy atom. The zero-order chi connectivity index (χ0) is 15.9. The fourth-order valence-electron chi connectivity index (χ4n) is 1.76. The Morgan fingerprint density at radius 2 is 1.55 bits per heavy atom. The number of likely N-dealkylation sites (tertiary alicyclic amines) is 1. The van der Waals surface area contributed by atoms with Crippen molar-refractivity contribution in [2.24, 2.45) is 0 Å². The standard InChI is InChI=1S/C9H8F7NO3/c10-7(11,8(12,13)9(14,15)16)6(20)17-3-1-2-4(17)5(18)19/h4H,1-3H2,(H,18,19)/t4-/m0/s1. The molecular weight excluding hydrogens is 303 g/mol. The topological polar surface area (TPSA) is 57.6 Å². The van der Waals surface area contributed by atoms with Gasteiger partial charge in [-0.05, 0) is 12.8 Å². The highest BCUT2D eigenvalue weighted by Gasteiger charge is 2.77. The highest BCUT2D eigenvalue weighted by molar-refractivity contribution is 5.89. The van der Waals surface area contributed by atoms with Crippen molar-refractivity contribution in [1.29, 1.82) is 0 Å². The summed E-state index contributed by atoms with van der Waals surface area (Å²) in [6.45, 7) is -0.626. The lowest BCUT2D eigenvalue weighted by Gasteiger charge is -2.31. The van der Waals surface area contributed by atoms with E-state index in [9.17, 15) is 40.3 Å². The summed E-state index contributed by atoms with van der Waals surface area (Å²) in [5, 5.41) is 8.61. The molecule has 0 aliphatic carbocycles. The molecule has 1 N–H and O–H groups in total. The summed E-state index contributed by atoms with van der Waals surface area (Å²) < 4.78 is 87.3. The van der Waals surface area contributed by atoms with Crippen LogP contribution in [0.15, 0.2) is 0 Å². The SMILES string of the molecule is O=C(O)[C@@H]1CCCN1C(=O)C(F)(F)C(F)(F)C(F)(F)F. The van der Waals surface area contributed by atoms with Crippen LogP contribution < -0.4 is 0 Å². The average molecular weight is 311 g/mol. The molecule has 0 aromatic heterocycles. The maximum Gasteiger partial charge on any atom is 0.460 e. The summed E-state index contributed by atoms with van der Waals surface area (Å²) in [5.41, 5.74) is 0. The first-order chi connectivity index (χ1) is 8.84. The van der Waals surface area contributed by atoms with Crippen LogP contribution in [0.5, 0.6) is 0 Å². The average Bonchev–Trinajstić information content (AvgIpc) is 2.74. The number of carboxylic acids is 1. The van der Waals surface area contributed by atoms with E-state index in [1.54, 1.807) is 0 Å². The maximum absolute atomic E-state index is 13.1. The van der Waals surface area contributed by atoms with Crippen LogP contribution in [-0.4, -0.2) is 52.5 Å². The fraction of sp³-hybridized carbons (Fsp3) is 0.778. The molecule has 1 fully saturated rings. The molecule has 0 aromatic rings. The van der Waals surface area contributed by atoms with Gasteiger partial charge in [-0.3, -0.25) is 4.79 Å². The van der Waals surface area contributed by atoms with E-state index >= 15 is 0 Å². The predicted octanol–water partition coefficient (Wildman–Crippen LogP) is 1.89. The lowest BCUT2D eigenvalue weighted by Crippen LogP contribution is -2.61. The normalized spacial score (nSPS) is 21.1. The minimum atomic E-state index is -6.63. The molecule has 1 amide bonds. The first-order valence-electron chi connectivity index (χ1n) is 5.20. The third-order valence-corrected chi connectivity index (χ3v) is 2.82. The quantitative estimate of drug-likeness (QED) is 0.810. The molecule has 0 saturated carbocycles. The number of hydrogen-bond acceptors (Lipinski definition) is 2. The molecule has 0 aromatic carbocycles. The Morgan fingerprint density at radius 1 is 1.05 bits per heavy atom. The minimum absolute atomic E-state index is 0.0869. The van der Waals surface area contributed by atoms with Gasteiger partial charge in [-0.25, -0.2) is 4.79 Å². The summed E-state index contributed by atoms with van der Waals surface area (Å²) in [6, 6.07) is -1.84. The molecule has 1 aliphatic rings. The summed E-state index contributed by atoms with van der Waals surface area (Å²) in [4.78, 5) is 21.7. The van der Waals surface area contributed by atoms with Crippen LogP contribution in [0.4, 0.5) is 30.7 Å². The molecule has 116 valence electrons. The van der Waals surface area contributed by atoms with Crippen LogP contribution in [0.3, 0.4) is 0 Å². The van der Waals surface area contributed by atoms with Crippen LogP contribution in [0.25, 0.3) is 0 Å². The van der Waals surface area contributed by atoms with Gasteiger partial charge in [0.25, 0.3) is 0 Å². The Kier molecular flexibility index (Phi) is 3.94. The number of amides is 1. The number of nitrogens with zero attached hydrogens (tertiary/aromatic N) is 1. The molecule has 0 spiro atoms. The van der Waals surface area contributed by atoms with Crippen LogP contribution in [-0.2, 0) is 9.59 Å². The molecule has 1 atom stereocenters. The van der Waals surface area contributed by atoms with Gasteiger partial charge in [-0.15, -0.1) is 0 Å². The molecule has 1 heterocycles. The molecule has 0 radical (unpaired) electrons. The zero-order valence-electron chi connectivity index (χ0n) is 9.56. The van der Waals surface area contributed by atoms with Gasteiger partial charge in [0, 0.05) is 6.54 Å². The molecule has 0 bridgehead atoms. The van der Waals surface area contributed by atoms with Gasteiger partial charge in [-0.2, -0.15) is 30.7 Å². The number of rotatable bonds is 3. The summed E-state index contributed by atoms with van der Waals surface area (Å²) in [5.74, 6) is -17.2. The summed E-state index contributed by atoms with van der Waals surface area (Å²) in [6.07, 6.45) is -7.02. The zero-order valence-corrected chi connectivity index (χ0v) is 9.56. The van der Waals surface area contributed by atoms with E-state index in [2.05, 4.69) is 0 Å². The van der Waals surface area contributed by atoms with Crippen molar-refractivity contribution in [3.05, 3.63) is 0 Å². The highest BCUT2D eigenvalue weighted by Crippen LogP contribution is 2.47. The van der Waals surface area contributed by atoms with Gasteiger partial charge in [0.15, 0.2) is 0 Å². The summed E-state index contributed by atoms with van der Waals surface area (Å²) >= 11 is 0. The number of aliphatic carboxylic acids is 1. The van der Waals surface area contributed by atoms with E-state index in [0.717, 1.165) is 0 Å². The van der Waals surface area contributed by atoms with Gasteiger partial charge in [-0.1, -0.05) is 0 Å². The molecule has 0 unspecified atom stereocenters. The lowest BCUT2D eigenvalue weighted by molar-refractivity contribution is -0.346. The van der Waals surface area contributed by atoms with E-state index in [-0.39, 0.29) is 17.7 Å². The van der Waals surface area contributed by atoms with E-state index in [0.29, 0.717) is 0 Å². The van der Waals surface area contributed by atoms with Gasteiger partial charge in [0.05, 0.1) is 0 Å². The van der Waals surface area contributed by atoms with Crippen LogP contribution in [0.1, 0.15) is 12.8 Å². The van der Waals surface area contributed by atoms with Crippen molar-refractivity contribution in [3.8, 4) is 0 Å². The van der Waals surface area contributed by atoms with E-state index in [1.165, 1.54) is 0 Å². The number of halogens is 7. The fourth-order valence-corrected chi connectivity index (χ4v) is 1.76. The Labute approximate surface area is 107 Å². The number of alkyl halides is 7. The summed E-state index contributed by atoms with van der Waals surface area (Å²) in [7, 11) is 0. The lowest BCUT2D eigenvalue weighted by atomic mass is 10.1. The van der Waals surface area contributed by atoms with Crippen molar-refractivity contribution < 1.29 is 45.4 Å². The van der Waals surface area contributed by atoms with Crippen molar-refractivity contribution in [3.63, 3.8) is 0 Å². The first kappa shape index (κ1) is 16.5. The Balaban J connectivity index is 3.09. The molecule has 1 rings (SSSR count). The first-order valence-corrected chi connectivity index (χ1v) is 5.20. The molecular formula is C9H8F7NO3. The molecule has 20 heavy (non-hydrogen) atoms. The Hall–Kier alpha value is -1.55. The van der Waals surface area contributed by atoms with Crippen molar-refractivity contribution in [1.82, 2.24) is 4.90 Å². The largest absolute Gasteiger partial charge is 0.480 e. The third-order valence-electron chi connectivity index (χ3n) is 2.82. The second kappa shape index (κ2) is 4.77. The smallest absolute Gasteiger partial charge is 0.460 e. The minimum Gasteiger partial charge on any atom is -0.480 e. The van der Waals surface area contributed by atoms with E-state index < -0.39 is 42.5 Å². The van der Waals surface area contributed by atoms with Crippen LogP contribution in [0, 0.1) is 0 Å². The van der Waals surface area contributed by atoms with Gasteiger partial charge >= 0.3 is 29.9 Å². The number of carbonyl (C=O) groups excluding carboxylic acids is 1. The molecule has 1 saturated heterocycles. The van der Waals surface area contributed by atoms with Crippen molar-refractivity contribution in [2.45, 2.75) is 36.9 Å². The van der Waals surface area contributed by atoms with Crippen LogP contribution >= 0.6 is 0 Å². The number of carboxylic acid groups (broad SMARTS) is 1. The molecule has 4 nitrogen and oxygen atoms in total. The van der Waals surface area contributed by atoms with E-state index in [4.69, 9.17) is 5.11 Å². The second-order valence-electron chi connectivity index (χ2n) is 4.14. The highest BCUT2D eigenvalue weighted by atomic mass is 19.4. The van der Waals surface area contributed by atoms with Gasteiger partial charge in [0.1, 0.15) is 6.04 Å². The number of hydrogen-bond donors (Lipinski definition) is 1. The number of carbonyl (C=O) groups is 2. The monoisotopic (exact) mass is 311 g/mol. The molecule has 1 aliphatic heterocycles. The van der Waals surface area contributed by atoms with Crippen LogP contribution in [0.2, 0.25) is 0 Å².